The van der Waals surface area contributed by atoms with Crippen LogP contribution in [0.5, 0.6) is 5.75 Å². The van der Waals surface area contributed by atoms with E-state index < -0.39 is 5.72 Å². The highest BCUT2D eigenvalue weighted by molar-refractivity contribution is 9.10. The van der Waals surface area contributed by atoms with Crippen molar-refractivity contribution in [1.29, 1.82) is 0 Å². The molecule has 0 saturated heterocycles. The number of thioether (sulfide) groups is 1. The van der Waals surface area contributed by atoms with Crippen LogP contribution in [0.1, 0.15) is 28.4 Å². The maximum Gasteiger partial charge on any atom is 0.242 e. The van der Waals surface area contributed by atoms with Gasteiger partial charge in [0.05, 0.1) is 12.8 Å². The van der Waals surface area contributed by atoms with Crippen molar-refractivity contribution in [2.24, 2.45) is 5.16 Å². The minimum absolute atomic E-state index is 0.168. The van der Waals surface area contributed by atoms with E-state index in [0.717, 1.165) is 32.9 Å². The van der Waals surface area contributed by atoms with E-state index in [1.807, 2.05) is 36.0 Å². The molecule has 2 unspecified atom stereocenters. The molecule has 2 aliphatic rings. The van der Waals surface area contributed by atoms with Crippen molar-refractivity contribution in [3.8, 4) is 5.75 Å². The van der Waals surface area contributed by atoms with Crippen LogP contribution in [0.4, 0.5) is 5.69 Å². The van der Waals surface area contributed by atoms with E-state index in [0.29, 0.717) is 6.42 Å². The summed E-state index contributed by atoms with van der Waals surface area (Å²) in [5.41, 5.74) is 3.56. The van der Waals surface area contributed by atoms with Gasteiger partial charge in [0.1, 0.15) is 5.75 Å². The lowest BCUT2D eigenvalue weighted by molar-refractivity contribution is -0.0283. The van der Waals surface area contributed by atoms with Gasteiger partial charge in [0.25, 0.3) is 0 Å². The van der Waals surface area contributed by atoms with Crippen molar-refractivity contribution in [3.05, 3.63) is 124 Å². The third-order valence-corrected chi connectivity index (χ3v) is 8.30. The summed E-state index contributed by atoms with van der Waals surface area (Å²) < 4.78 is 6.45. The molecule has 6 heteroatoms. The van der Waals surface area contributed by atoms with Gasteiger partial charge >= 0.3 is 0 Å². The Balaban J connectivity index is 1.57. The highest BCUT2D eigenvalue weighted by atomic mass is 79.9. The van der Waals surface area contributed by atoms with Gasteiger partial charge in [-0.1, -0.05) is 75.7 Å². The van der Waals surface area contributed by atoms with Crippen LogP contribution in [-0.2, 0) is 10.6 Å². The molecule has 174 valence electrons. The van der Waals surface area contributed by atoms with Crippen LogP contribution in [0.15, 0.2) is 118 Å². The lowest BCUT2D eigenvalue weighted by Gasteiger charge is -2.38. The third kappa shape index (κ3) is 3.91. The topological polar surface area (TPSA) is 34.1 Å². The number of benzene rings is 4. The molecule has 6 rings (SSSR count). The van der Waals surface area contributed by atoms with E-state index in [2.05, 4.69) is 99.7 Å². The Bertz CT molecular complexity index is 1390. The average molecular weight is 543 g/mol. The second kappa shape index (κ2) is 9.10. The fourth-order valence-corrected chi connectivity index (χ4v) is 6.56. The first kappa shape index (κ1) is 22.3. The van der Waals surface area contributed by atoms with Crippen molar-refractivity contribution in [1.82, 2.24) is 0 Å². The highest BCUT2D eigenvalue weighted by Gasteiger charge is 2.53. The summed E-state index contributed by atoms with van der Waals surface area (Å²) in [6, 6.07) is 35.6. The van der Waals surface area contributed by atoms with Crippen LogP contribution in [0.2, 0.25) is 0 Å². The zero-order valence-corrected chi connectivity index (χ0v) is 21.5. The van der Waals surface area contributed by atoms with Gasteiger partial charge in [0.15, 0.2) is 5.84 Å². The Hall–Kier alpha value is -3.22. The summed E-state index contributed by atoms with van der Waals surface area (Å²) in [7, 11) is 1.68. The molecule has 0 amide bonds. The SMILES string of the molecule is COc1ccc(C23CC(c4ccccc4)Sc4ccccc4N2C(c2cccc(Br)c2)=NO3)cc1. The molecular formula is C29H23BrN2O2S. The number of oxime groups is 1. The molecule has 35 heavy (non-hydrogen) atoms. The predicted molar refractivity (Wildman–Crippen MR) is 145 cm³/mol. The molecule has 0 aromatic heterocycles. The lowest BCUT2D eigenvalue weighted by atomic mass is 9.92. The fraction of sp³-hybridized carbons (Fsp3) is 0.138. The number of hydrogen-bond donors (Lipinski definition) is 0. The zero-order valence-electron chi connectivity index (χ0n) is 19.1. The zero-order chi connectivity index (χ0) is 23.8. The minimum Gasteiger partial charge on any atom is -0.497 e. The summed E-state index contributed by atoms with van der Waals surface area (Å²) in [6.45, 7) is 0. The van der Waals surface area contributed by atoms with Crippen molar-refractivity contribution in [2.45, 2.75) is 22.3 Å². The summed E-state index contributed by atoms with van der Waals surface area (Å²) >= 11 is 5.50. The van der Waals surface area contributed by atoms with Crippen LogP contribution in [-0.4, -0.2) is 12.9 Å². The van der Waals surface area contributed by atoms with Crippen molar-refractivity contribution in [2.75, 3.05) is 12.0 Å². The number of amidine groups is 1. The predicted octanol–water partition coefficient (Wildman–Crippen LogP) is 7.75. The maximum absolute atomic E-state index is 6.54. The molecule has 0 fully saturated rings. The Morgan fingerprint density at radius 1 is 0.943 bits per heavy atom. The third-order valence-electron chi connectivity index (χ3n) is 6.49. The first-order valence-electron chi connectivity index (χ1n) is 11.5. The van der Waals surface area contributed by atoms with Gasteiger partial charge in [-0.05, 0) is 54.1 Å². The van der Waals surface area contributed by atoms with E-state index in [9.17, 15) is 0 Å². The number of rotatable bonds is 4. The van der Waals surface area contributed by atoms with Gasteiger partial charge in [-0.3, -0.25) is 4.90 Å². The molecule has 4 aromatic rings. The quantitative estimate of drug-likeness (QED) is 0.264. The van der Waals surface area contributed by atoms with Gasteiger partial charge in [-0.25, -0.2) is 0 Å². The van der Waals surface area contributed by atoms with Gasteiger partial charge < -0.3 is 9.57 Å². The minimum atomic E-state index is -0.815. The summed E-state index contributed by atoms with van der Waals surface area (Å²) in [5, 5.41) is 4.90. The second-order valence-corrected chi connectivity index (χ2v) is 10.7. The molecule has 0 saturated carbocycles. The van der Waals surface area contributed by atoms with Crippen molar-refractivity contribution in [3.63, 3.8) is 0 Å². The Labute approximate surface area is 217 Å². The molecule has 0 N–H and O–H groups in total. The standard InChI is InChI=1S/C29H23BrN2O2S/c1-33-24-16-14-22(15-17-24)29-19-27(20-8-3-2-4-9-20)35-26-13-6-5-12-25(26)32(29)28(31-34-29)21-10-7-11-23(30)18-21/h2-18,27H,19H2,1H3. The van der Waals surface area contributed by atoms with Gasteiger partial charge in [0, 0.05) is 32.2 Å². The molecule has 2 atom stereocenters. The van der Waals surface area contributed by atoms with Crippen LogP contribution in [0, 0.1) is 0 Å². The van der Waals surface area contributed by atoms with Crippen LogP contribution < -0.4 is 9.64 Å². The summed E-state index contributed by atoms with van der Waals surface area (Å²) in [4.78, 5) is 10.0. The molecule has 0 radical (unpaired) electrons. The van der Waals surface area contributed by atoms with Crippen molar-refractivity contribution < 1.29 is 9.57 Å². The number of para-hydroxylation sites is 1. The number of ether oxygens (including phenoxy) is 1. The number of nitrogens with zero attached hydrogens (tertiary/aromatic N) is 2. The molecular weight excluding hydrogens is 520 g/mol. The van der Waals surface area contributed by atoms with E-state index in [1.54, 1.807) is 7.11 Å². The molecule has 2 aliphatic heterocycles. The molecule has 2 heterocycles. The van der Waals surface area contributed by atoms with Crippen LogP contribution in [0.25, 0.3) is 0 Å². The van der Waals surface area contributed by atoms with Gasteiger partial charge in [0.2, 0.25) is 5.72 Å². The number of anilines is 1. The largest absolute Gasteiger partial charge is 0.497 e. The Morgan fingerprint density at radius 3 is 2.49 bits per heavy atom. The van der Waals surface area contributed by atoms with E-state index in [1.165, 1.54) is 10.5 Å². The van der Waals surface area contributed by atoms with Gasteiger partial charge in [-0.2, -0.15) is 0 Å². The van der Waals surface area contributed by atoms with Crippen molar-refractivity contribution >= 4 is 39.2 Å². The summed E-state index contributed by atoms with van der Waals surface area (Å²) in [5.74, 6) is 1.61. The summed E-state index contributed by atoms with van der Waals surface area (Å²) in [6.07, 6.45) is 0.712. The lowest BCUT2D eigenvalue weighted by Crippen LogP contribution is -2.47. The second-order valence-electron chi connectivity index (χ2n) is 8.55. The number of hydrogen-bond acceptors (Lipinski definition) is 5. The van der Waals surface area contributed by atoms with E-state index in [4.69, 9.17) is 14.7 Å². The van der Waals surface area contributed by atoms with Crippen LogP contribution >= 0.6 is 27.7 Å². The number of fused-ring (bicyclic) bond motifs is 3. The molecule has 0 aliphatic carbocycles. The Kier molecular flexibility index (Phi) is 5.78. The molecule has 0 bridgehead atoms. The maximum atomic E-state index is 6.54. The van der Waals surface area contributed by atoms with E-state index in [-0.39, 0.29) is 5.25 Å². The van der Waals surface area contributed by atoms with Crippen LogP contribution in [0.3, 0.4) is 0 Å². The molecule has 0 spiro atoms. The van der Waals surface area contributed by atoms with Gasteiger partial charge in [-0.15, -0.1) is 11.8 Å². The smallest absolute Gasteiger partial charge is 0.242 e. The first-order chi connectivity index (χ1) is 17.2. The average Bonchev–Trinajstić information content (AvgIpc) is 3.22. The fourth-order valence-electron chi connectivity index (χ4n) is 4.81. The van der Waals surface area contributed by atoms with E-state index >= 15 is 0 Å². The highest BCUT2D eigenvalue weighted by Crippen LogP contribution is 2.56. The normalized spacial score (nSPS) is 20.8. The molecule has 4 nitrogen and oxygen atoms in total. The number of halogens is 1. The Morgan fingerprint density at radius 2 is 1.71 bits per heavy atom. The first-order valence-corrected chi connectivity index (χ1v) is 13.1. The monoisotopic (exact) mass is 542 g/mol. The number of methoxy groups -OCH3 is 1. The molecule has 4 aromatic carbocycles.